The average Bonchev–Trinajstić information content (AvgIpc) is 2.52. The van der Waals surface area contributed by atoms with Gasteiger partial charge < -0.3 is 10.5 Å². The number of esters is 1. The van der Waals surface area contributed by atoms with Crippen molar-refractivity contribution in [3.05, 3.63) is 41.0 Å². The number of fused-ring (bicyclic) bond motifs is 1. The molecular weight excluding hydrogens is 288 g/mol. The zero-order valence-electron chi connectivity index (χ0n) is 12.2. The first-order chi connectivity index (χ1) is 10.1. The summed E-state index contributed by atoms with van der Waals surface area (Å²) in [4.78, 5) is 16.1. The van der Waals surface area contributed by atoms with Crippen molar-refractivity contribution in [1.82, 2.24) is 4.98 Å². The molecule has 112 valence electrons. The maximum absolute atomic E-state index is 11.7. The van der Waals surface area contributed by atoms with Gasteiger partial charge in [0.2, 0.25) is 0 Å². The number of carbonyl (C=O) groups excluding carboxylic acids is 1. The van der Waals surface area contributed by atoms with Crippen molar-refractivity contribution in [3.63, 3.8) is 0 Å². The largest absolute Gasteiger partial charge is 0.469 e. The molecule has 0 aliphatic rings. The highest BCUT2D eigenvalue weighted by Gasteiger charge is 2.25. The van der Waals surface area contributed by atoms with Crippen molar-refractivity contribution < 1.29 is 9.53 Å². The number of benzene rings is 1. The van der Waals surface area contributed by atoms with Gasteiger partial charge >= 0.3 is 5.97 Å². The summed E-state index contributed by atoms with van der Waals surface area (Å²) in [6.07, 6.45) is 2.71. The summed E-state index contributed by atoms with van der Waals surface area (Å²) in [7, 11) is 1.38. The maximum atomic E-state index is 11.7. The summed E-state index contributed by atoms with van der Waals surface area (Å²) < 4.78 is 4.79. The lowest BCUT2D eigenvalue weighted by Crippen LogP contribution is -2.30. The second-order valence-corrected chi connectivity index (χ2v) is 5.40. The molecule has 1 aromatic carbocycles. The van der Waals surface area contributed by atoms with E-state index in [4.69, 9.17) is 22.1 Å². The molecule has 2 atom stereocenters. The van der Waals surface area contributed by atoms with Gasteiger partial charge in [-0.1, -0.05) is 24.6 Å². The number of methoxy groups -OCH3 is 1. The fourth-order valence-electron chi connectivity index (χ4n) is 2.50. The molecule has 0 aliphatic heterocycles. The van der Waals surface area contributed by atoms with Crippen molar-refractivity contribution in [2.45, 2.75) is 31.7 Å². The van der Waals surface area contributed by atoms with Crippen LogP contribution in [0.2, 0.25) is 5.02 Å². The molecule has 2 rings (SSSR count). The fraction of sp³-hybridized carbons (Fsp3) is 0.375. The quantitative estimate of drug-likeness (QED) is 0.861. The van der Waals surface area contributed by atoms with E-state index in [2.05, 4.69) is 4.98 Å². The highest BCUT2D eigenvalue weighted by atomic mass is 35.5. The summed E-state index contributed by atoms with van der Waals surface area (Å²) >= 11 is 6.22. The fourth-order valence-corrected chi connectivity index (χ4v) is 2.71. The molecule has 2 aromatic rings. The van der Waals surface area contributed by atoms with Crippen LogP contribution < -0.4 is 5.73 Å². The summed E-state index contributed by atoms with van der Waals surface area (Å²) in [6, 6.07) is 7.35. The summed E-state index contributed by atoms with van der Waals surface area (Å²) in [5, 5.41) is 1.51. The van der Waals surface area contributed by atoms with E-state index < -0.39 is 0 Å². The third kappa shape index (κ3) is 3.34. The van der Waals surface area contributed by atoms with Gasteiger partial charge in [-0.3, -0.25) is 9.78 Å². The van der Waals surface area contributed by atoms with Crippen LogP contribution in [0, 0.1) is 0 Å². The van der Waals surface area contributed by atoms with Gasteiger partial charge in [0.15, 0.2) is 0 Å². The van der Waals surface area contributed by atoms with Gasteiger partial charge in [-0.05, 0) is 30.2 Å². The second kappa shape index (κ2) is 6.87. The van der Waals surface area contributed by atoms with E-state index in [0.29, 0.717) is 5.02 Å². The smallest absolute Gasteiger partial charge is 0.306 e. The Balaban J connectivity index is 2.54. The van der Waals surface area contributed by atoms with Gasteiger partial charge in [-0.2, -0.15) is 0 Å². The minimum Gasteiger partial charge on any atom is -0.469 e. The third-order valence-corrected chi connectivity index (χ3v) is 4.08. The Bertz CT molecular complexity index is 645. The average molecular weight is 307 g/mol. The predicted octanol–water partition coefficient (Wildman–Crippen LogP) is 3.27. The Labute approximate surface area is 129 Å². The van der Waals surface area contributed by atoms with E-state index in [-0.39, 0.29) is 24.3 Å². The Morgan fingerprint density at radius 3 is 2.86 bits per heavy atom. The van der Waals surface area contributed by atoms with E-state index in [1.165, 1.54) is 7.11 Å². The number of carbonyl (C=O) groups is 1. The molecule has 0 bridgehead atoms. The van der Waals surface area contributed by atoms with Crippen LogP contribution in [0.1, 0.15) is 31.2 Å². The van der Waals surface area contributed by atoms with Crippen molar-refractivity contribution in [2.24, 2.45) is 5.73 Å². The standard InChI is InChI=1S/C16H19ClN2O2/c1-3-14(18)12(9-15(20)21-2)10-6-7-13(17)11-5-4-8-19-16(10)11/h4-8,12,14H,3,9,18H2,1-2H3. The number of halogens is 1. The molecule has 0 saturated carbocycles. The van der Waals surface area contributed by atoms with Crippen LogP contribution in [-0.2, 0) is 9.53 Å². The molecule has 4 nitrogen and oxygen atoms in total. The van der Waals surface area contributed by atoms with E-state index in [1.807, 2.05) is 31.2 Å². The molecule has 0 amide bonds. The second-order valence-electron chi connectivity index (χ2n) is 5.00. The van der Waals surface area contributed by atoms with E-state index in [0.717, 1.165) is 22.9 Å². The minimum absolute atomic E-state index is 0.142. The van der Waals surface area contributed by atoms with Crippen LogP contribution in [0.4, 0.5) is 0 Å². The molecule has 0 radical (unpaired) electrons. The monoisotopic (exact) mass is 306 g/mol. The molecule has 0 spiro atoms. The van der Waals surface area contributed by atoms with Crippen LogP contribution in [0.15, 0.2) is 30.5 Å². The first kappa shape index (κ1) is 15.7. The number of nitrogens with two attached hydrogens (primary N) is 1. The van der Waals surface area contributed by atoms with Gasteiger partial charge in [0.25, 0.3) is 0 Å². The number of hydrogen-bond acceptors (Lipinski definition) is 4. The topological polar surface area (TPSA) is 65.2 Å². The molecule has 2 N–H and O–H groups in total. The number of nitrogens with zero attached hydrogens (tertiary/aromatic N) is 1. The Kier molecular flexibility index (Phi) is 5.15. The number of ether oxygens (including phenoxy) is 1. The van der Waals surface area contributed by atoms with Crippen molar-refractivity contribution in [1.29, 1.82) is 0 Å². The molecule has 1 aromatic heterocycles. The normalized spacial score (nSPS) is 13.9. The third-order valence-electron chi connectivity index (χ3n) is 3.75. The first-order valence-electron chi connectivity index (χ1n) is 6.94. The Morgan fingerprint density at radius 1 is 1.43 bits per heavy atom. The van der Waals surface area contributed by atoms with Gasteiger partial charge in [0, 0.05) is 28.6 Å². The molecular formula is C16H19ClN2O2. The minimum atomic E-state index is -0.275. The highest BCUT2D eigenvalue weighted by molar-refractivity contribution is 6.35. The molecule has 21 heavy (non-hydrogen) atoms. The van der Waals surface area contributed by atoms with Crippen LogP contribution in [0.3, 0.4) is 0 Å². The first-order valence-corrected chi connectivity index (χ1v) is 7.31. The molecule has 0 fully saturated rings. The predicted molar refractivity (Wildman–Crippen MR) is 84.4 cm³/mol. The summed E-state index contributed by atoms with van der Waals surface area (Å²) in [5.74, 6) is -0.417. The Hall–Kier alpha value is -1.65. The van der Waals surface area contributed by atoms with Crippen LogP contribution in [0.5, 0.6) is 0 Å². The zero-order chi connectivity index (χ0) is 15.4. The summed E-state index contributed by atoms with van der Waals surface area (Å²) in [6.45, 7) is 2.00. The van der Waals surface area contributed by atoms with Gasteiger partial charge in [0.05, 0.1) is 19.0 Å². The number of rotatable bonds is 5. The lowest BCUT2D eigenvalue weighted by molar-refractivity contribution is -0.141. The van der Waals surface area contributed by atoms with E-state index >= 15 is 0 Å². The number of pyridine rings is 1. The molecule has 1 heterocycles. The van der Waals surface area contributed by atoms with Crippen LogP contribution in [-0.4, -0.2) is 24.1 Å². The van der Waals surface area contributed by atoms with E-state index in [9.17, 15) is 4.79 Å². The highest BCUT2D eigenvalue weighted by Crippen LogP contribution is 2.33. The number of aromatic nitrogens is 1. The lowest BCUT2D eigenvalue weighted by atomic mass is 9.86. The zero-order valence-corrected chi connectivity index (χ0v) is 12.9. The SMILES string of the molecule is CCC(N)C(CC(=O)OC)c1ccc(Cl)c2cccnc12. The van der Waals surface area contributed by atoms with Crippen LogP contribution in [0.25, 0.3) is 10.9 Å². The lowest BCUT2D eigenvalue weighted by Gasteiger charge is -2.23. The van der Waals surface area contributed by atoms with Crippen molar-refractivity contribution >= 4 is 28.5 Å². The summed E-state index contributed by atoms with van der Waals surface area (Å²) in [5.41, 5.74) is 7.95. The van der Waals surface area contributed by atoms with Crippen LogP contribution >= 0.6 is 11.6 Å². The van der Waals surface area contributed by atoms with Gasteiger partial charge in [-0.25, -0.2) is 0 Å². The van der Waals surface area contributed by atoms with Crippen molar-refractivity contribution in [3.8, 4) is 0 Å². The van der Waals surface area contributed by atoms with E-state index in [1.54, 1.807) is 6.20 Å². The molecule has 0 aliphatic carbocycles. The molecule has 0 saturated heterocycles. The van der Waals surface area contributed by atoms with Gasteiger partial charge in [0.1, 0.15) is 0 Å². The van der Waals surface area contributed by atoms with Gasteiger partial charge in [-0.15, -0.1) is 0 Å². The molecule has 5 heteroatoms. The Morgan fingerprint density at radius 2 is 2.19 bits per heavy atom. The maximum Gasteiger partial charge on any atom is 0.306 e. The molecule has 2 unspecified atom stereocenters. The van der Waals surface area contributed by atoms with Crippen molar-refractivity contribution in [2.75, 3.05) is 7.11 Å². The number of hydrogen-bond donors (Lipinski definition) is 1.